The maximum absolute atomic E-state index is 11.9. The second-order valence-electron chi connectivity index (χ2n) is 4.93. The molecule has 4 nitrogen and oxygen atoms in total. The van der Waals surface area contributed by atoms with Crippen LogP contribution < -0.4 is 5.32 Å². The quantitative estimate of drug-likeness (QED) is 0.859. The number of aromatic nitrogens is 1. The largest absolute Gasteiger partial charge is 0.326 e. The Hall–Kier alpha value is -2.01. The monoisotopic (exact) mass is 302 g/mol. The van der Waals surface area contributed by atoms with E-state index in [1.807, 2.05) is 13.8 Å². The molecule has 21 heavy (non-hydrogen) atoms. The van der Waals surface area contributed by atoms with Crippen LogP contribution in [0.15, 0.2) is 24.3 Å². The summed E-state index contributed by atoms with van der Waals surface area (Å²) in [4.78, 5) is 28.9. The zero-order chi connectivity index (χ0) is 15.4. The van der Waals surface area contributed by atoms with E-state index in [4.69, 9.17) is 0 Å². The third kappa shape index (κ3) is 4.23. The van der Waals surface area contributed by atoms with E-state index in [0.29, 0.717) is 24.1 Å². The van der Waals surface area contributed by atoms with Gasteiger partial charge in [0.05, 0.1) is 10.7 Å². The van der Waals surface area contributed by atoms with Crippen LogP contribution in [0.3, 0.4) is 0 Å². The third-order valence-corrected chi connectivity index (χ3v) is 4.32. The summed E-state index contributed by atoms with van der Waals surface area (Å²) in [5.41, 5.74) is 2.28. The highest BCUT2D eigenvalue weighted by molar-refractivity contribution is 7.11. The number of amides is 1. The van der Waals surface area contributed by atoms with Gasteiger partial charge in [-0.25, -0.2) is 4.98 Å². The lowest BCUT2D eigenvalue weighted by Crippen LogP contribution is -2.12. The number of nitrogens with one attached hydrogen (secondary N) is 1. The Balaban J connectivity index is 1.92. The van der Waals surface area contributed by atoms with Crippen molar-refractivity contribution in [2.75, 3.05) is 5.32 Å². The molecule has 0 aliphatic rings. The van der Waals surface area contributed by atoms with Gasteiger partial charge in [0.1, 0.15) is 0 Å². The first-order valence-corrected chi connectivity index (χ1v) is 7.61. The van der Waals surface area contributed by atoms with Crippen molar-refractivity contribution in [3.8, 4) is 0 Å². The number of Topliss-reactive ketones (excluding diaryl/α,β-unsaturated/α-hetero) is 1. The van der Waals surface area contributed by atoms with Gasteiger partial charge in [-0.05, 0) is 32.9 Å². The standard InChI is InChI=1S/C16H18N2O2S/c1-10-12(3)21-16(17-10)8-7-15(20)18-14-6-4-5-13(9-14)11(2)19/h4-6,9H,7-8H2,1-3H3,(H,18,20). The van der Waals surface area contributed by atoms with Crippen LogP contribution in [0.1, 0.15) is 39.3 Å². The Bertz CT molecular complexity index is 657. The minimum atomic E-state index is -0.0683. The molecule has 2 rings (SSSR count). The van der Waals surface area contributed by atoms with E-state index in [2.05, 4.69) is 10.3 Å². The van der Waals surface area contributed by atoms with Gasteiger partial charge in [0.2, 0.25) is 5.91 Å². The predicted octanol–water partition coefficient (Wildman–Crippen LogP) is 3.53. The molecule has 1 aromatic carbocycles. The molecule has 1 heterocycles. The Morgan fingerprint density at radius 1 is 1.29 bits per heavy atom. The number of benzene rings is 1. The van der Waals surface area contributed by atoms with Crippen LogP contribution in [0.25, 0.3) is 0 Å². The van der Waals surface area contributed by atoms with E-state index >= 15 is 0 Å². The highest BCUT2D eigenvalue weighted by atomic mass is 32.1. The Labute approximate surface area is 128 Å². The molecule has 1 N–H and O–H groups in total. The molecule has 110 valence electrons. The fourth-order valence-electron chi connectivity index (χ4n) is 1.91. The summed E-state index contributed by atoms with van der Waals surface area (Å²) in [6, 6.07) is 6.97. The number of nitrogens with zero attached hydrogens (tertiary/aromatic N) is 1. The molecule has 0 atom stereocenters. The van der Waals surface area contributed by atoms with E-state index in [-0.39, 0.29) is 11.7 Å². The van der Waals surface area contributed by atoms with Gasteiger partial charge in [0, 0.05) is 29.0 Å². The fourth-order valence-corrected chi connectivity index (χ4v) is 2.84. The summed E-state index contributed by atoms with van der Waals surface area (Å²) >= 11 is 1.63. The first-order valence-electron chi connectivity index (χ1n) is 6.79. The van der Waals surface area contributed by atoms with Crippen LogP contribution in [-0.4, -0.2) is 16.7 Å². The minimum Gasteiger partial charge on any atom is -0.326 e. The summed E-state index contributed by atoms with van der Waals surface area (Å²) in [6.07, 6.45) is 1.02. The molecule has 1 amide bonds. The molecule has 1 aromatic heterocycles. The lowest BCUT2D eigenvalue weighted by Gasteiger charge is -2.05. The summed E-state index contributed by atoms with van der Waals surface area (Å²) < 4.78 is 0. The van der Waals surface area contributed by atoms with Crippen molar-refractivity contribution in [2.45, 2.75) is 33.6 Å². The van der Waals surface area contributed by atoms with Crippen LogP contribution in [0, 0.1) is 13.8 Å². The molecule has 0 fully saturated rings. The molecule has 0 bridgehead atoms. The van der Waals surface area contributed by atoms with Gasteiger partial charge in [-0.1, -0.05) is 12.1 Å². The first-order chi connectivity index (χ1) is 9.95. The number of hydrogen-bond acceptors (Lipinski definition) is 4. The molecular weight excluding hydrogens is 284 g/mol. The zero-order valence-corrected chi connectivity index (χ0v) is 13.2. The number of hydrogen-bond donors (Lipinski definition) is 1. The van der Waals surface area contributed by atoms with E-state index in [1.54, 1.807) is 35.6 Å². The van der Waals surface area contributed by atoms with Crippen LogP contribution >= 0.6 is 11.3 Å². The first kappa shape index (κ1) is 15.4. The van der Waals surface area contributed by atoms with Crippen molar-refractivity contribution in [3.05, 3.63) is 45.4 Å². The summed E-state index contributed by atoms with van der Waals surface area (Å²) in [5, 5.41) is 3.80. The summed E-state index contributed by atoms with van der Waals surface area (Å²) in [6.45, 7) is 5.51. The zero-order valence-electron chi connectivity index (χ0n) is 12.4. The van der Waals surface area contributed by atoms with Gasteiger partial charge < -0.3 is 5.32 Å². The molecule has 0 unspecified atom stereocenters. The number of carbonyl (C=O) groups excluding carboxylic acids is 2. The van der Waals surface area contributed by atoms with E-state index in [0.717, 1.165) is 10.7 Å². The Morgan fingerprint density at radius 3 is 2.67 bits per heavy atom. The molecule has 0 saturated carbocycles. The lowest BCUT2D eigenvalue weighted by atomic mass is 10.1. The van der Waals surface area contributed by atoms with Crippen LogP contribution in [-0.2, 0) is 11.2 Å². The van der Waals surface area contributed by atoms with Crippen molar-refractivity contribution in [1.29, 1.82) is 0 Å². The van der Waals surface area contributed by atoms with Gasteiger partial charge in [0.25, 0.3) is 0 Å². The normalized spacial score (nSPS) is 10.4. The predicted molar refractivity (Wildman–Crippen MR) is 85.0 cm³/mol. The highest BCUT2D eigenvalue weighted by Gasteiger charge is 2.08. The van der Waals surface area contributed by atoms with Gasteiger partial charge >= 0.3 is 0 Å². The van der Waals surface area contributed by atoms with Gasteiger partial charge in [-0.3, -0.25) is 9.59 Å². The number of thiazole rings is 1. The molecule has 0 aliphatic carbocycles. The van der Waals surface area contributed by atoms with Crippen molar-refractivity contribution in [1.82, 2.24) is 4.98 Å². The number of carbonyl (C=O) groups is 2. The van der Waals surface area contributed by atoms with Crippen molar-refractivity contribution >= 4 is 28.7 Å². The van der Waals surface area contributed by atoms with Crippen molar-refractivity contribution in [2.24, 2.45) is 0 Å². The van der Waals surface area contributed by atoms with Crippen molar-refractivity contribution in [3.63, 3.8) is 0 Å². The number of ketones is 1. The molecule has 0 saturated heterocycles. The van der Waals surface area contributed by atoms with E-state index in [1.165, 1.54) is 11.8 Å². The topological polar surface area (TPSA) is 59.1 Å². The van der Waals surface area contributed by atoms with Gasteiger partial charge in [-0.2, -0.15) is 0 Å². The van der Waals surface area contributed by atoms with E-state index in [9.17, 15) is 9.59 Å². The van der Waals surface area contributed by atoms with Gasteiger partial charge in [-0.15, -0.1) is 11.3 Å². The highest BCUT2D eigenvalue weighted by Crippen LogP contribution is 2.18. The second-order valence-corrected chi connectivity index (χ2v) is 6.22. The average Bonchev–Trinajstić information content (AvgIpc) is 2.76. The molecule has 0 spiro atoms. The lowest BCUT2D eigenvalue weighted by molar-refractivity contribution is -0.116. The number of anilines is 1. The fraction of sp³-hybridized carbons (Fsp3) is 0.312. The second kappa shape index (κ2) is 6.63. The average molecular weight is 302 g/mol. The molecule has 5 heteroatoms. The van der Waals surface area contributed by atoms with Crippen LogP contribution in [0.2, 0.25) is 0 Å². The minimum absolute atomic E-state index is 0.0140. The SMILES string of the molecule is CC(=O)c1cccc(NC(=O)CCc2nc(C)c(C)s2)c1. The van der Waals surface area contributed by atoms with Gasteiger partial charge in [0.15, 0.2) is 5.78 Å². The Morgan fingerprint density at radius 2 is 2.05 bits per heavy atom. The molecule has 0 aliphatic heterocycles. The third-order valence-electron chi connectivity index (χ3n) is 3.19. The number of aryl methyl sites for hydroxylation is 3. The Kier molecular flexibility index (Phi) is 4.85. The summed E-state index contributed by atoms with van der Waals surface area (Å²) in [5.74, 6) is -0.0824. The maximum Gasteiger partial charge on any atom is 0.224 e. The molecular formula is C16H18N2O2S. The van der Waals surface area contributed by atoms with Crippen LogP contribution in [0.5, 0.6) is 0 Å². The summed E-state index contributed by atoms with van der Waals surface area (Å²) in [7, 11) is 0. The van der Waals surface area contributed by atoms with Crippen LogP contribution in [0.4, 0.5) is 5.69 Å². The smallest absolute Gasteiger partial charge is 0.224 e. The molecule has 0 radical (unpaired) electrons. The molecule has 2 aromatic rings. The number of rotatable bonds is 5. The van der Waals surface area contributed by atoms with Crippen molar-refractivity contribution < 1.29 is 9.59 Å². The maximum atomic E-state index is 11.9. The van der Waals surface area contributed by atoms with E-state index < -0.39 is 0 Å².